The predicted molar refractivity (Wildman–Crippen MR) is 123 cm³/mol. The van der Waals surface area contributed by atoms with Crippen LogP contribution in [0.1, 0.15) is 37.8 Å². The Morgan fingerprint density at radius 2 is 2.03 bits per heavy atom. The minimum Gasteiger partial charge on any atom is -0.480 e. The summed E-state index contributed by atoms with van der Waals surface area (Å²) in [4.78, 5) is 58.2. The summed E-state index contributed by atoms with van der Waals surface area (Å²) < 4.78 is 0. The van der Waals surface area contributed by atoms with Gasteiger partial charge in [0.2, 0.25) is 17.7 Å². The molecule has 0 spiro atoms. The first kappa shape index (κ1) is 26.6. The van der Waals surface area contributed by atoms with Crippen molar-refractivity contribution in [3.05, 3.63) is 18.2 Å². The second kappa shape index (κ2) is 13.2. The highest BCUT2D eigenvalue weighted by Gasteiger charge is 2.39. The number of nitrogens with two attached hydrogens (primary N) is 2. The fourth-order valence-corrected chi connectivity index (χ4v) is 3.87. The monoisotopic (exact) mass is 483 g/mol. The molecule has 0 bridgehead atoms. The molecule has 2 heterocycles. The Balaban J connectivity index is 2.09. The number of hydrogen-bond donors (Lipinski definition) is 7. The molecule has 2 rings (SSSR count). The van der Waals surface area contributed by atoms with Crippen LogP contribution in [-0.4, -0.2) is 86.7 Å². The van der Waals surface area contributed by atoms with E-state index in [1.54, 1.807) is 0 Å². The van der Waals surface area contributed by atoms with E-state index < -0.39 is 47.9 Å². The summed E-state index contributed by atoms with van der Waals surface area (Å²) in [5.41, 5.74) is 11.8. The van der Waals surface area contributed by atoms with Crippen molar-refractivity contribution in [2.45, 2.75) is 62.7 Å². The SMILES string of the molecule is NCCCCC(NC(=O)C(N)CS)C(=O)N1CCCC1C(=O)NC(Cc1cnc[nH]1)C(=O)O. The summed E-state index contributed by atoms with van der Waals surface area (Å²) in [5, 5.41) is 14.7. The molecule has 1 aromatic rings. The number of hydrogen-bond acceptors (Lipinski definition) is 8. The zero-order valence-electron chi connectivity index (χ0n) is 18.4. The molecule has 8 N–H and O–H groups in total. The summed E-state index contributed by atoms with van der Waals surface area (Å²) in [6, 6.07) is -3.73. The normalized spacial score (nSPS) is 18.4. The van der Waals surface area contributed by atoms with Gasteiger partial charge in [-0.3, -0.25) is 14.4 Å². The van der Waals surface area contributed by atoms with Gasteiger partial charge >= 0.3 is 5.97 Å². The maximum Gasteiger partial charge on any atom is 0.326 e. The van der Waals surface area contributed by atoms with Crippen LogP contribution >= 0.6 is 12.6 Å². The fraction of sp³-hybridized carbons (Fsp3) is 0.650. The molecule has 0 aliphatic carbocycles. The van der Waals surface area contributed by atoms with Crippen LogP contribution in [0.4, 0.5) is 0 Å². The molecule has 4 atom stereocenters. The third-order valence-corrected chi connectivity index (χ3v) is 5.92. The Labute approximate surface area is 197 Å². The number of carbonyl (C=O) groups excluding carboxylic acids is 3. The van der Waals surface area contributed by atoms with E-state index in [1.807, 2.05) is 0 Å². The molecule has 1 aliphatic heterocycles. The summed E-state index contributed by atoms with van der Waals surface area (Å²) in [5.74, 6) is -2.52. The van der Waals surface area contributed by atoms with Gasteiger partial charge in [0.15, 0.2) is 0 Å². The van der Waals surface area contributed by atoms with Crippen LogP contribution in [0.2, 0.25) is 0 Å². The molecule has 3 amide bonds. The number of rotatable bonds is 13. The first-order valence-corrected chi connectivity index (χ1v) is 11.6. The Kier molecular flexibility index (Phi) is 10.6. The predicted octanol–water partition coefficient (Wildman–Crippen LogP) is -1.62. The summed E-state index contributed by atoms with van der Waals surface area (Å²) >= 11 is 4.02. The number of thiol groups is 1. The van der Waals surface area contributed by atoms with Gasteiger partial charge in [-0.1, -0.05) is 0 Å². The summed E-state index contributed by atoms with van der Waals surface area (Å²) in [6.07, 6.45) is 5.55. The van der Waals surface area contributed by atoms with Gasteiger partial charge in [0.25, 0.3) is 0 Å². The topological polar surface area (TPSA) is 197 Å². The van der Waals surface area contributed by atoms with E-state index in [1.165, 1.54) is 17.4 Å². The Bertz CT molecular complexity index is 807. The zero-order valence-corrected chi connectivity index (χ0v) is 19.3. The van der Waals surface area contributed by atoms with Gasteiger partial charge in [-0.2, -0.15) is 12.6 Å². The molecule has 1 fully saturated rings. The molecule has 12 nitrogen and oxygen atoms in total. The molecule has 1 saturated heterocycles. The third-order valence-electron chi connectivity index (χ3n) is 5.53. The lowest BCUT2D eigenvalue weighted by Gasteiger charge is -2.30. The molecule has 184 valence electrons. The minimum atomic E-state index is -1.19. The smallest absolute Gasteiger partial charge is 0.326 e. The van der Waals surface area contributed by atoms with Crippen molar-refractivity contribution < 1.29 is 24.3 Å². The van der Waals surface area contributed by atoms with Crippen LogP contribution in [0.5, 0.6) is 0 Å². The van der Waals surface area contributed by atoms with Gasteiger partial charge in [0, 0.05) is 30.6 Å². The molecular formula is C20H33N7O5S. The molecule has 13 heteroatoms. The molecular weight excluding hydrogens is 450 g/mol. The summed E-state index contributed by atoms with van der Waals surface area (Å²) in [7, 11) is 0. The highest BCUT2D eigenvalue weighted by molar-refractivity contribution is 7.80. The molecule has 1 aliphatic rings. The zero-order chi connectivity index (χ0) is 24.4. The molecule has 0 saturated carbocycles. The van der Waals surface area contributed by atoms with Gasteiger partial charge < -0.3 is 37.1 Å². The average Bonchev–Trinajstić information content (AvgIpc) is 3.49. The minimum absolute atomic E-state index is 0.0289. The number of carboxylic acids is 1. The quantitative estimate of drug-likeness (QED) is 0.128. The first-order chi connectivity index (χ1) is 15.8. The van der Waals surface area contributed by atoms with Gasteiger partial charge in [0.05, 0.1) is 12.4 Å². The van der Waals surface area contributed by atoms with Crippen LogP contribution in [0.3, 0.4) is 0 Å². The van der Waals surface area contributed by atoms with E-state index in [0.29, 0.717) is 50.9 Å². The number of nitrogens with one attached hydrogen (secondary N) is 3. The van der Waals surface area contributed by atoms with E-state index in [0.717, 1.165) is 0 Å². The lowest BCUT2D eigenvalue weighted by molar-refractivity contribution is -0.145. The number of carboxylic acid groups (broad SMARTS) is 1. The lowest BCUT2D eigenvalue weighted by Crippen LogP contribution is -2.57. The average molecular weight is 484 g/mol. The van der Waals surface area contributed by atoms with Crippen molar-refractivity contribution in [3.63, 3.8) is 0 Å². The van der Waals surface area contributed by atoms with Crippen LogP contribution in [0.15, 0.2) is 12.5 Å². The molecule has 33 heavy (non-hydrogen) atoms. The van der Waals surface area contributed by atoms with E-state index in [9.17, 15) is 24.3 Å². The molecule has 0 aromatic carbocycles. The number of aromatic amines is 1. The van der Waals surface area contributed by atoms with Crippen molar-refractivity contribution in [3.8, 4) is 0 Å². The number of nitrogens with zero attached hydrogens (tertiary/aromatic N) is 2. The third kappa shape index (κ3) is 7.72. The first-order valence-electron chi connectivity index (χ1n) is 11.0. The van der Waals surface area contributed by atoms with Gasteiger partial charge in [-0.25, -0.2) is 9.78 Å². The second-order valence-corrected chi connectivity index (χ2v) is 8.37. The molecule has 4 unspecified atom stereocenters. The van der Waals surface area contributed by atoms with Gasteiger partial charge in [-0.05, 0) is 38.6 Å². The number of unbranched alkanes of at least 4 members (excludes halogenated alkanes) is 1. The molecule has 1 aromatic heterocycles. The van der Waals surface area contributed by atoms with Crippen LogP contribution < -0.4 is 22.1 Å². The van der Waals surface area contributed by atoms with E-state index >= 15 is 0 Å². The number of H-pyrrole nitrogens is 1. The maximum absolute atomic E-state index is 13.3. The Hall–Kier alpha value is -2.64. The van der Waals surface area contributed by atoms with Crippen LogP contribution in [-0.2, 0) is 25.6 Å². The number of aliphatic carboxylic acids is 1. The fourth-order valence-electron chi connectivity index (χ4n) is 3.70. The number of amides is 3. The van der Waals surface area contributed by atoms with Crippen molar-refractivity contribution in [2.24, 2.45) is 11.5 Å². The summed E-state index contributed by atoms with van der Waals surface area (Å²) in [6.45, 7) is 0.781. The Morgan fingerprint density at radius 3 is 2.64 bits per heavy atom. The van der Waals surface area contributed by atoms with Gasteiger partial charge in [0.1, 0.15) is 18.1 Å². The molecule has 0 radical (unpaired) electrons. The lowest BCUT2D eigenvalue weighted by atomic mass is 10.1. The van der Waals surface area contributed by atoms with Crippen LogP contribution in [0.25, 0.3) is 0 Å². The Morgan fingerprint density at radius 1 is 1.27 bits per heavy atom. The van der Waals surface area contributed by atoms with E-state index in [4.69, 9.17) is 11.5 Å². The highest BCUT2D eigenvalue weighted by atomic mass is 32.1. The number of likely N-dealkylation sites (tertiary alicyclic amines) is 1. The maximum atomic E-state index is 13.3. The van der Waals surface area contributed by atoms with Gasteiger partial charge in [-0.15, -0.1) is 0 Å². The van der Waals surface area contributed by atoms with Crippen molar-refractivity contribution in [2.75, 3.05) is 18.8 Å². The standard InChI is InChI=1S/C20H33N7O5S/c21-6-2-1-4-14(25-17(28)13(22)10-33)19(30)27-7-3-5-16(27)18(29)26-15(20(31)32)8-12-9-23-11-24-12/h9,11,13-16,33H,1-8,10,21-22H2,(H,23,24)(H,25,28)(H,26,29)(H,31,32). The van der Waals surface area contributed by atoms with Crippen molar-refractivity contribution in [1.82, 2.24) is 25.5 Å². The largest absolute Gasteiger partial charge is 0.480 e. The number of carbonyl (C=O) groups is 4. The number of aromatic nitrogens is 2. The van der Waals surface area contributed by atoms with E-state index in [-0.39, 0.29) is 12.2 Å². The van der Waals surface area contributed by atoms with Crippen molar-refractivity contribution in [1.29, 1.82) is 0 Å². The number of imidazole rings is 1. The van der Waals surface area contributed by atoms with Crippen molar-refractivity contribution >= 4 is 36.3 Å². The highest BCUT2D eigenvalue weighted by Crippen LogP contribution is 2.20. The van der Waals surface area contributed by atoms with Crippen LogP contribution in [0, 0.1) is 0 Å². The second-order valence-electron chi connectivity index (χ2n) is 8.00. The van der Waals surface area contributed by atoms with E-state index in [2.05, 4.69) is 33.2 Å².